The average molecular weight is 339 g/mol. The molecule has 9 heteroatoms. The first-order valence-electron chi connectivity index (χ1n) is 7.46. The largest absolute Gasteiger partial charge is 0.433 e. The van der Waals surface area contributed by atoms with Gasteiger partial charge in [-0.05, 0) is 12.5 Å². The summed E-state index contributed by atoms with van der Waals surface area (Å²) in [4.78, 5) is 14.7. The van der Waals surface area contributed by atoms with Gasteiger partial charge < -0.3 is 9.80 Å². The maximum absolute atomic E-state index is 13.3. The minimum absolute atomic E-state index is 0.0518. The van der Waals surface area contributed by atoms with Crippen LogP contribution in [0.2, 0.25) is 0 Å². The van der Waals surface area contributed by atoms with E-state index in [1.54, 1.807) is 6.07 Å². The fourth-order valence-electron chi connectivity index (χ4n) is 3.43. The topological polar surface area (TPSA) is 45.2 Å². The Morgan fingerprint density at radius 2 is 1.79 bits per heavy atom. The molecule has 0 saturated carbocycles. The van der Waals surface area contributed by atoms with Crippen molar-refractivity contribution in [1.82, 2.24) is 15.0 Å². The third-order valence-electron chi connectivity index (χ3n) is 4.48. The quantitative estimate of drug-likeness (QED) is 0.621. The molecule has 5 rings (SSSR count). The molecule has 0 spiro atoms. The highest BCUT2D eigenvalue weighted by Crippen LogP contribution is 2.39. The molecule has 5 nitrogen and oxygen atoms in total. The molecule has 2 aromatic rings. The zero-order valence-electron chi connectivity index (χ0n) is 12.4. The van der Waals surface area contributed by atoms with E-state index in [4.69, 9.17) is 0 Å². The maximum atomic E-state index is 13.3. The molecule has 5 heterocycles. The van der Waals surface area contributed by atoms with Crippen LogP contribution in [0, 0.1) is 5.95 Å². The van der Waals surface area contributed by atoms with Crippen molar-refractivity contribution >= 4 is 11.5 Å². The first-order valence-corrected chi connectivity index (χ1v) is 7.46. The lowest BCUT2D eigenvalue weighted by Crippen LogP contribution is -2.69. The van der Waals surface area contributed by atoms with Crippen LogP contribution >= 0.6 is 0 Å². The van der Waals surface area contributed by atoms with Gasteiger partial charge in [0, 0.05) is 37.1 Å². The van der Waals surface area contributed by atoms with E-state index in [0.717, 1.165) is 24.5 Å². The summed E-state index contributed by atoms with van der Waals surface area (Å²) in [7, 11) is 0. The highest BCUT2D eigenvalue weighted by molar-refractivity contribution is 5.54. The van der Waals surface area contributed by atoms with Crippen LogP contribution in [0.3, 0.4) is 0 Å². The molecule has 0 amide bonds. The van der Waals surface area contributed by atoms with Gasteiger partial charge in [-0.3, -0.25) is 0 Å². The highest BCUT2D eigenvalue weighted by atomic mass is 19.4. The number of piperazine rings is 1. The molecule has 3 aliphatic rings. The van der Waals surface area contributed by atoms with Crippen LogP contribution < -0.4 is 9.80 Å². The molecule has 3 saturated heterocycles. The number of hydrogen-bond acceptors (Lipinski definition) is 5. The fraction of sp³-hybridized carbons (Fsp3) is 0.400. The van der Waals surface area contributed by atoms with Gasteiger partial charge in [-0.1, -0.05) is 0 Å². The number of halogens is 4. The SMILES string of the molecule is Fc1cc(N2CC3CC(C2)N3c2cc(C(F)(F)F)ncn2)ccn1. The summed E-state index contributed by atoms with van der Waals surface area (Å²) in [5.74, 6) is -0.256. The second kappa shape index (κ2) is 5.29. The zero-order chi connectivity index (χ0) is 16.9. The van der Waals surface area contributed by atoms with Crippen molar-refractivity contribution in [2.24, 2.45) is 0 Å². The van der Waals surface area contributed by atoms with E-state index in [9.17, 15) is 17.6 Å². The summed E-state index contributed by atoms with van der Waals surface area (Å²) in [5, 5.41) is 0. The Morgan fingerprint density at radius 3 is 2.46 bits per heavy atom. The van der Waals surface area contributed by atoms with Gasteiger partial charge in [-0.2, -0.15) is 17.6 Å². The van der Waals surface area contributed by atoms with Crippen molar-refractivity contribution in [3.05, 3.63) is 42.4 Å². The first-order chi connectivity index (χ1) is 11.4. The molecule has 2 atom stereocenters. The third kappa shape index (κ3) is 2.53. The molecule has 3 aliphatic heterocycles. The normalized spacial score (nSPS) is 23.2. The van der Waals surface area contributed by atoms with E-state index in [-0.39, 0.29) is 12.1 Å². The van der Waals surface area contributed by atoms with Crippen molar-refractivity contribution < 1.29 is 17.6 Å². The Morgan fingerprint density at radius 1 is 1.04 bits per heavy atom. The van der Waals surface area contributed by atoms with Crippen molar-refractivity contribution in [2.75, 3.05) is 22.9 Å². The van der Waals surface area contributed by atoms with Crippen LogP contribution in [-0.4, -0.2) is 40.1 Å². The number of aromatic nitrogens is 3. The minimum Gasteiger partial charge on any atom is -0.367 e. The number of pyridine rings is 1. The second-order valence-electron chi connectivity index (χ2n) is 5.95. The predicted octanol–water partition coefficient (Wildman–Crippen LogP) is 2.50. The summed E-state index contributed by atoms with van der Waals surface area (Å²) in [5.41, 5.74) is -0.207. The van der Waals surface area contributed by atoms with Gasteiger partial charge in [-0.25, -0.2) is 15.0 Å². The van der Waals surface area contributed by atoms with E-state index < -0.39 is 17.8 Å². The smallest absolute Gasteiger partial charge is 0.367 e. The monoisotopic (exact) mass is 339 g/mol. The number of piperidine rings is 1. The highest BCUT2D eigenvalue weighted by Gasteiger charge is 2.46. The molecule has 2 aromatic heterocycles. The maximum Gasteiger partial charge on any atom is 0.433 e. The molecule has 2 bridgehead atoms. The number of hydrogen-bond donors (Lipinski definition) is 0. The van der Waals surface area contributed by atoms with Crippen molar-refractivity contribution in [1.29, 1.82) is 0 Å². The third-order valence-corrected chi connectivity index (χ3v) is 4.48. The minimum atomic E-state index is -4.49. The first kappa shape index (κ1) is 15.1. The van der Waals surface area contributed by atoms with E-state index in [0.29, 0.717) is 18.9 Å². The van der Waals surface area contributed by atoms with Gasteiger partial charge in [-0.15, -0.1) is 0 Å². The van der Waals surface area contributed by atoms with Gasteiger partial charge in [0.1, 0.15) is 17.8 Å². The van der Waals surface area contributed by atoms with E-state index in [2.05, 4.69) is 15.0 Å². The average Bonchev–Trinajstić information content (AvgIpc) is 2.54. The number of rotatable bonds is 2. The Kier molecular flexibility index (Phi) is 3.33. The number of alkyl halides is 3. The fourth-order valence-corrected chi connectivity index (χ4v) is 3.43. The predicted molar refractivity (Wildman–Crippen MR) is 78.1 cm³/mol. The van der Waals surface area contributed by atoms with E-state index in [1.807, 2.05) is 9.80 Å². The molecule has 0 radical (unpaired) electrons. The van der Waals surface area contributed by atoms with Crippen LogP contribution in [-0.2, 0) is 6.18 Å². The molecule has 0 aliphatic carbocycles. The zero-order valence-corrected chi connectivity index (χ0v) is 12.4. The molecule has 126 valence electrons. The standard InChI is InChI=1S/C15H13F4N5/c16-13-4-9(1-2-20-13)23-6-10-3-11(7-23)24(10)14-5-12(15(17,18)19)21-8-22-14/h1-2,4-5,8,10-11H,3,6-7H2. The number of nitrogens with zero attached hydrogens (tertiary/aromatic N) is 5. The second-order valence-corrected chi connectivity index (χ2v) is 5.95. The van der Waals surface area contributed by atoms with Gasteiger partial charge in [0.2, 0.25) is 5.95 Å². The van der Waals surface area contributed by atoms with Gasteiger partial charge in [0.15, 0.2) is 0 Å². The Balaban J connectivity index is 1.54. The van der Waals surface area contributed by atoms with Gasteiger partial charge in [0.25, 0.3) is 0 Å². The summed E-state index contributed by atoms with van der Waals surface area (Å²) in [6, 6.07) is 4.18. The van der Waals surface area contributed by atoms with Crippen LogP contribution in [0.15, 0.2) is 30.7 Å². The van der Waals surface area contributed by atoms with Crippen LogP contribution in [0.5, 0.6) is 0 Å². The van der Waals surface area contributed by atoms with Crippen molar-refractivity contribution in [2.45, 2.75) is 24.7 Å². The Bertz CT molecular complexity index is 754. The molecular weight excluding hydrogens is 326 g/mol. The molecular formula is C15H13F4N5. The molecule has 24 heavy (non-hydrogen) atoms. The summed E-state index contributed by atoms with van der Waals surface area (Å²) >= 11 is 0. The summed E-state index contributed by atoms with van der Waals surface area (Å²) in [6.45, 7) is 1.20. The van der Waals surface area contributed by atoms with Gasteiger partial charge >= 0.3 is 6.18 Å². The lowest BCUT2D eigenvalue weighted by Gasteiger charge is -2.57. The molecule has 0 aromatic carbocycles. The van der Waals surface area contributed by atoms with E-state index >= 15 is 0 Å². The van der Waals surface area contributed by atoms with Crippen LogP contribution in [0.25, 0.3) is 0 Å². The Labute approximate surface area is 135 Å². The van der Waals surface area contributed by atoms with Gasteiger partial charge in [0.05, 0.1) is 12.1 Å². The lowest BCUT2D eigenvalue weighted by atomic mass is 9.87. The van der Waals surface area contributed by atoms with Crippen LogP contribution in [0.4, 0.5) is 29.1 Å². The van der Waals surface area contributed by atoms with Crippen molar-refractivity contribution in [3.63, 3.8) is 0 Å². The van der Waals surface area contributed by atoms with Crippen molar-refractivity contribution in [3.8, 4) is 0 Å². The summed E-state index contributed by atoms with van der Waals surface area (Å²) in [6.07, 6.45) is -1.25. The number of fused-ring (bicyclic) bond motifs is 2. The molecule has 0 N–H and O–H groups in total. The van der Waals surface area contributed by atoms with E-state index in [1.165, 1.54) is 12.3 Å². The Hall–Kier alpha value is -2.45. The lowest BCUT2D eigenvalue weighted by molar-refractivity contribution is -0.141. The molecule has 3 fully saturated rings. The van der Waals surface area contributed by atoms with Crippen LogP contribution in [0.1, 0.15) is 12.1 Å². The number of anilines is 2. The summed E-state index contributed by atoms with van der Waals surface area (Å²) < 4.78 is 51.7. The molecule has 2 unspecified atom stereocenters.